The van der Waals surface area contributed by atoms with Crippen LogP contribution in [0.4, 0.5) is 0 Å². The van der Waals surface area contributed by atoms with Gasteiger partial charge in [-0.3, -0.25) is 31.6 Å². The summed E-state index contributed by atoms with van der Waals surface area (Å²) in [7, 11) is 0. The molecule has 0 saturated carbocycles. The summed E-state index contributed by atoms with van der Waals surface area (Å²) in [6.07, 6.45) is 3.47. The smallest absolute Gasteiger partial charge is 0.119 e. The summed E-state index contributed by atoms with van der Waals surface area (Å²) in [5.41, 5.74) is 11.8. The molecule has 4 N–H and O–H groups in total. The molecule has 0 radical (unpaired) electrons. The fourth-order valence-electron chi connectivity index (χ4n) is 7.32. The first-order chi connectivity index (χ1) is 29.6. The van der Waals surface area contributed by atoms with Crippen molar-refractivity contribution in [3.05, 3.63) is 192 Å². The molecule has 0 bridgehead atoms. The predicted molar refractivity (Wildman–Crippen MR) is 248 cm³/mol. The maximum Gasteiger partial charge on any atom is 0.119 e. The maximum absolute atomic E-state index is 9.05. The van der Waals surface area contributed by atoms with Crippen LogP contribution in [0.3, 0.4) is 0 Å². The number of nitrogens with one attached hydrogen (secondary N) is 4. The minimum atomic E-state index is -0.424. The molecule has 0 atom stereocenters. The van der Waals surface area contributed by atoms with Gasteiger partial charge in [-0.25, -0.2) is 19.9 Å². The second kappa shape index (κ2) is 16.4. The zero-order chi connectivity index (χ0) is 42.1. The fraction of sp³-hybridized carbons (Fsp3) is 0.0612. The molecule has 0 amide bonds. The lowest BCUT2D eigenvalue weighted by Gasteiger charge is -2.22. The Hall–Kier alpha value is -7.28. The number of nitrogens with zero attached hydrogens (tertiary/aromatic N) is 6. The zero-order valence-corrected chi connectivity index (χ0v) is 34.6. The van der Waals surface area contributed by atoms with Gasteiger partial charge in [-0.15, -0.1) is 0 Å². The third-order valence-electron chi connectivity index (χ3n) is 10.4. The molecular formula is C49H36N10S2. The summed E-state index contributed by atoms with van der Waals surface area (Å²) in [6, 6.07) is 45.9. The van der Waals surface area contributed by atoms with Crippen LogP contribution in [0, 0.1) is 21.6 Å². The van der Waals surface area contributed by atoms with Gasteiger partial charge in [0.1, 0.15) is 20.2 Å². The number of thioether (sulfide) groups is 2. The van der Waals surface area contributed by atoms with E-state index in [1.165, 1.54) is 0 Å². The summed E-state index contributed by atoms with van der Waals surface area (Å²) in [5.74, 6) is 0. The van der Waals surface area contributed by atoms with Gasteiger partial charge in [0.25, 0.3) is 0 Å². The van der Waals surface area contributed by atoms with Crippen molar-refractivity contribution in [1.29, 1.82) is 21.6 Å². The molecule has 0 aliphatic heterocycles. The Morgan fingerprint density at radius 1 is 0.393 bits per heavy atom. The van der Waals surface area contributed by atoms with E-state index in [0.29, 0.717) is 45.3 Å². The molecule has 12 heteroatoms. The second-order valence-corrected chi connectivity index (χ2v) is 16.8. The number of pyridine rings is 6. The first-order valence-corrected chi connectivity index (χ1v) is 21.0. The van der Waals surface area contributed by atoms with Gasteiger partial charge in [0.05, 0.1) is 56.9 Å². The number of aromatic nitrogens is 6. The highest BCUT2D eigenvalue weighted by Crippen LogP contribution is 2.49. The molecule has 9 rings (SSSR count). The molecule has 0 unspecified atom stereocenters. The van der Waals surface area contributed by atoms with Crippen LogP contribution in [0.1, 0.15) is 47.5 Å². The Kier molecular flexibility index (Phi) is 10.5. The monoisotopic (exact) mass is 828 g/mol. The molecule has 10 nitrogen and oxygen atoms in total. The molecule has 1 aliphatic rings. The molecule has 6 heterocycles. The van der Waals surface area contributed by atoms with E-state index in [4.69, 9.17) is 41.6 Å². The summed E-state index contributed by atoms with van der Waals surface area (Å²) in [4.78, 5) is 27.9. The molecule has 6 aromatic heterocycles. The Balaban J connectivity index is 0.885. The van der Waals surface area contributed by atoms with Gasteiger partial charge in [0, 0.05) is 28.9 Å². The lowest BCUT2D eigenvalue weighted by Crippen LogP contribution is -2.16. The minimum absolute atomic E-state index is 0.162. The van der Waals surface area contributed by atoms with Crippen molar-refractivity contribution in [2.75, 3.05) is 0 Å². The van der Waals surface area contributed by atoms with Crippen molar-refractivity contribution in [3.63, 3.8) is 0 Å². The third-order valence-corrected chi connectivity index (χ3v) is 12.2. The number of rotatable bonds is 8. The fourth-order valence-corrected chi connectivity index (χ4v) is 8.66. The van der Waals surface area contributed by atoms with E-state index in [2.05, 4.69) is 23.8 Å². The first kappa shape index (κ1) is 39.2. The van der Waals surface area contributed by atoms with Crippen LogP contribution in [0.2, 0.25) is 0 Å². The lowest BCUT2D eigenvalue weighted by atomic mass is 9.81. The van der Waals surface area contributed by atoms with E-state index < -0.39 is 5.41 Å². The largest absolute Gasteiger partial charge is 0.293 e. The molecule has 294 valence electrons. The highest BCUT2D eigenvalue weighted by molar-refractivity contribution is 8.27. The van der Waals surface area contributed by atoms with Crippen LogP contribution in [0.15, 0.2) is 158 Å². The van der Waals surface area contributed by atoms with Crippen LogP contribution in [-0.2, 0) is 5.41 Å². The molecule has 0 fully saturated rings. The van der Waals surface area contributed by atoms with Crippen LogP contribution in [0.25, 0.3) is 56.7 Å². The van der Waals surface area contributed by atoms with Gasteiger partial charge in [0.15, 0.2) is 0 Å². The van der Waals surface area contributed by atoms with Gasteiger partial charge in [-0.1, -0.05) is 74.5 Å². The zero-order valence-electron chi connectivity index (χ0n) is 33.0. The predicted octanol–water partition coefficient (Wildman–Crippen LogP) is 11.2. The Labute approximate surface area is 361 Å². The van der Waals surface area contributed by atoms with Crippen molar-refractivity contribution in [3.8, 4) is 56.7 Å². The topological polar surface area (TPSA) is 173 Å². The van der Waals surface area contributed by atoms with Gasteiger partial charge in [-0.2, -0.15) is 0 Å². The van der Waals surface area contributed by atoms with Crippen LogP contribution in [-0.4, -0.2) is 50.1 Å². The highest BCUT2D eigenvalue weighted by atomic mass is 32.2. The SMILES string of the molecule is CC1(C)c2cc(C(=N)SC(=N)c3cccc(-c4cccc(-c5ccccn5)n4)n3)ccc2-c2ccc(C(=N)SC(=N)c3cccc(-c4cccc(-c5ccccn5)n4)n3)cc21. The number of fused-ring (bicyclic) bond motifs is 3. The third kappa shape index (κ3) is 7.94. The average molecular weight is 829 g/mol. The van der Waals surface area contributed by atoms with E-state index in [-0.39, 0.29) is 20.2 Å². The van der Waals surface area contributed by atoms with Gasteiger partial charge >= 0.3 is 0 Å². The number of hydrogen-bond donors (Lipinski definition) is 4. The Morgan fingerprint density at radius 3 is 1.15 bits per heavy atom. The minimum Gasteiger partial charge on any atom is -0.293 e. The molecule has 1 aliphatic carbocycles. The summed E-state index contributed by atoms with van der Waals surface area (Å²) in [6.45, 7) is 4.31. The highest BCUT2D eigenvalue weighted by Gasteiger charge is 2.36. The Morgan fingerprint density at radius 2 is 0.754 bits per heavy atom. The van der Waals surface area contributed by atoms with Gasteiger partial charge in [-0.05, 0) is 131 Å². The normalized spacial score (nSPS) is 12.3. The van der Waals surface area contributed by atoms with E-state index in [1.54, 1.807) is 24.5 Å². The number of benzene rings is 2. The summed E-state index contributed by atoms with van der Waals surface area (Å²) < 4.78 is 0. The van der Waals surface area contributed by atoms with Crippen LogP contribution in [0.5, 0.6) is 0 Å². The average Bonchev–Trinajstić information content (AvgIpc) is 3.54. The lowest BCUT2D eigenvalue weighted by molar-refractivity contribution is 0.660. The van der Waals surface area contributed by atoms with E-state index in [0.717, 1.165) is 68.6 Å². The van der Waals surface area contributed by atoms with Crippen molar-refractivity contribution >= 4 is 43.7 Å². The van der Waals surface area contributed by atoms with Crippen molar-refractivity contribution < 1.29 is 0 Å². The summed E-state index contributed by atoms with van der Waals surface area (Å²) in [5, 5.41) is 36.8. The molecule has 61 heavy (non-hydrogen) atoms. The summed E-state index contributed by atoms with van der Waals surface area (Å²) >= 11 is 2.12. The van der Waals surface area contributed by atoms with E-state index >= 15 is 0 Å². The van der Waals surface area contributed by atoms with E-state index in [1.807, 2.05) is 133 Å². The maximum atomic E-state index is 9.05. The molecule has 0 spiro atoms. The molecule has 2 aromatic carbocycles. The molecule has 8 aromatic rings. The Bertz CT molecular complexity index is 2840. The van der Waals surface area contributed by atoms with Crippen molar-refractivity contribution in [2.24, 2.45) is 0 Å². The van der Waals surface area contributed by atoms with Gasteiger partial charge < -0.3 is 0 Å². The second-order valence-electron chi connectivity index (χ2n) is 14.7. The molecular weight excluding hydrogens is 793 g/mol. The van der Waals surface area contributed by atoms with Crippen LogP contribution >= 0.6 is 23.5 Å². The quantitative estimate of drug-likeness (QED) is 0.0865. The first-order valence-electron chi connectivity index (χ1n) is 19.3. The number of hydrogen-bond acceptors (Lipinski definition) is 12. The van der Waals surface area contributed by atoms with Crippen molar-refractivity contribution in [2.45, 2.75) is 19.3 Å². The molecule has 0 saturated heterocycles. The standard InChI is InChI=1S/C49H36N10S2/c1-49(2)33-27-29(45(50)60-47(52)43-19-9-17-41(58-43)39-15-7-13-37(56-39)35-11-3-5-25-54-35)21-23-31(33)32-24-22-30(28-34(32)49)46(51)61-48(53)44-20-10-18-42(59-44)40-16-8-14-38(57-40)36-12-4-6-26-55-36/h3-28,50-53H,1-2H3. The van der Waals surface area contributed by atoms with Crippen molar-refractivity contribution in [1.82, 2.24) is 29.9 Å². The van der Waals surface area contributed by atoms with Gasteiger partial charge in [0.2, 0.25) is 0 Å². The van der Waals surface area contributed by atoms with E-state index in [9.17, 15) is 0 Å². The van der Waals surface area contributed by atoms with Crippen LogP contribution < -0.4 is 0 Å².